The second kappa shape index (κ2) is 7.04. The zero-order valence-corrected chi connectivity index (χ0v) is 13.5. The van der Waals surface area contributed by atoms with Crippen molar-refractivity contribution >= 4 is 17.3 Å². The van der Waals surface area contributed by atoms with Crippen molar-refractivity contribution in [2.24, 2.45) is 0 Å². The number of rotatable bonds is 6. The van der Waals surface area contributed by atoms with E-state index in [0.29, 0.717) is 17.9 Å². The molecule has 0 aliphatic rings. The van der Waals surface area contributed by atoms with E-state index in [1.54, 1.807) is 13.8 Å². The van der Waals surface area contributed by atoms with E-state index in [4.69, 9.17) is 0 Å². The van der Waals surface area contributed by atoms with Gasteiger partial charge in [-0.15, -0.1) is 0 Å². The van der Waals surface area contributed by atoms with E-state index in [-0.39, 0.29) is 18.0 Å². The number of hydrogen-bond donors (Lipinski definition) is 1. The van der Waals surface area contributed by atoms with Crippen LogP contribution in [0, 0.1) is 24.0 Å². The summed E-state index contributed by atoms with van der Waals surface area (Å²) in [5.41, 5.74) is 2.79. The van der Waals surface area contributed by atoms with Crippen LogP contribution in [0.25, 0.3) is 0 Å². The maximum atomic E-state index is 12.0. The van der Waals surface area contributed by atoms with Crippen LogP contribution in [0.2, 0.25) is 0 Å². The van der Waals surface area contributed by atoms with Crippen LogP contribution in [0.5, 0.6) is 0 Å². The first-order chi connectivity index (χ1) is 10.9. The Hall–Kier alpha value is -2.70. The summed E-state index contributed by atoms with van der Waals surface area (Å²) in [6.45, 7) is 5.61. The van der Waals surface area contributed by atoms with Crippen LogP contribution in [0.1, 0.15) is 30.3 Å². The van der Waals surface area contributed by atoms with Crippen LogP contribution in [-0.2, 0) is 17.8 Å². The van der Waals surface area contributed by atoms with Crippen molar-refractivity contribution in [3.8, 4) is 0 Å². The van der Waals surface area contributed by atoms with Crippen LogP contribution >= 0.6 is 0 Å². The summed E-state index contributed by atoms with van der Waals surface area (Å²) in [6.07, 6.45) is 1.15. The Morgan fingerprint density at radius 1 is 1.30 bits per heavy atom. The summed E-state index contributed by atoms with van der Waals surface area (Å²) < 4.78 is 1.51. The summed E-state index contributed by atoms with van der Waals surface area (Å²) >= 11 is 0. The molecule has 0 saturated carbocycles. The Labute approximate surface area is 134 Å². The molecule has 0 atom stereocenters. The molecule has 1 heterocycles. The summed E-state index contributed by atoms with van der Waals surface area (Å²) in [5, 5.41) is 17.9. The first-order valence-corrected chi connectivity index (χ1v) is 7.49. The molecule has 2 aromatic rings. The van der Waals surface area contributed by atoms with E-state index in [1.807, 2.05) is 24.3 Å². The van der Waals surface area contributed by atoms with E-state index in [1.165, 1.54) is 10.2 Å². The predicted octanol–water partition coefficient (Wildman–Crippen LogP) is 3.00. The summed E-state index contributed by atoms with van der Waals surface area (Å²) in [4.78, 5) is 22.5. The quantitative estimate of drug-likeness (QED) is 0.655. The molecule has 0 aliphatic carbocycles. The number of hydrogen-bond acceptors (Lipinski definition) is 4. The first-order valence-electron chi connectivity index (χ1n) is 7.49. The van der Waals surface area contributed by atoms with Gasteiger partial charge in [-0.1, -0.05) is 19.1 Å². The topological polar surface area (TPSA) is 90.1 Å². The zero-order chi connectivity index (χ0) is 17.0. The summed E-state index contributed by atoms with van der Waals surface area (Å²) in [5.74, 6) is -0.149. The van der Waals surface area contributed by atoms with Gasteiger partial charge in [-0.25, -0.2) is 0 Å². The van der Waals surface area contributed by atoms with Gasteiger partial charge in [-0.05, 0) is 38.0 Å². The SMILES string of the molecule is CCc1ccc(NC(=O)CCn2nc(C)c([N+](=O)[O-])c2C)cc1. The Bertz CT molecular complexity index is 720. The number of nitrogens with one attached hydrogen (secondary N) is 1. The molecule has 1 aromatic carbocycles. The van der Waals surface area contributed by atoms with E-state index in [2.05, 4.69) is 17.3 Å². The van der Waals surface area contributed by atoms with Crippen LogP contribution in [0.4, 0.5) is 11.4 Å². The highest BCUT2D eigenvalue weighted by Gasteiger charge is 2.21. The average Bonchev–Trinajstić information content (AvgIpc) is 2.80. The van der Waals surface area contributed by atoms with E-state index < -0.39 is 4.92 Å². The van der Waals surface area contributed by atoms with E-state index in [0.717, 1.165) is 12.1 Å². The lowest BCUT2D eigenvalue weighted by Gasteiger charge is -2.07. The van der Waals surface area contributed by atoms with Crippen molar-refractivity contribution in [2.45, 2.75) is 40.2 Å². The van der Waals surface area contributed by atoms with Gasteiger partial charge in [0.25, 0.3) is 0 Å². The lowest BCUT2D eigenvalue weighted by atomic mass is 10.1. The van der Waals surface area contributed by atoms with Gasteiger partial charge < -0.3 is 5.32 Å². The van der Waals surface area contributed by atoms with Crippen LogP contribution < -0.4 is 5.32 Å². The fourth-order valence-electron chi connectivity index (χ4n) is 2.42. The standard InChI is InChI=1S/C16H20N4O3/c1-4-13-5-7-14(8-6-13)17-15(21)9-10-19-12(3)16(20(22)23)11(2)18-19/h5-8H,4,9-10H2,1-3H3,(H,17,21). The number of benzene rings is 1. The maximum absolute atomic E-state index is 12.0. The van der Waals surface area contributed by atoms with Gasteiger partial charge in [0.1, 0.15) is 11.4 Å². The minimum atomic E-state index is -0.441. The number of carbonyl (C=O) groups is 1. The molecule has 0 aliphatic heterocycles. The number of carbonyl (C=O) groups excluding carboxylic acids is 1. The summed E-state index contributed by atoms with van der Waals surface area (Å²) in [6, 6.07) is 7.68. The lowest BCUT2D eigenvalue weighted by molar-refractivity contribution is -0.386. The highest BCUT2D eigenvalue weighted by molar-refractivity contribution is 5.90. The molecule has 2 rings (SSSR count). The van der Waals surface area contributed by atoms with Gasteiger partial charge >= 0.3 is 5.69 Å². The average molecular weight is 316 g/mol. The third-order valence-electron chi connectivity index (χ3n) is 3.72. The fourth-order valence-corrected chi connectivity index (χ4v) is 2.42. The highest BCUT2D eigenvalue weighted by atomic mass is 16.6. The number of anilines is 1. The molecule has 1 aromatic heterocycles. The Morgan fingerprint density at radius 3 is 2.48 bits per heavy atom. The Kier molecular flexibility index (Phi) is 5.10. The Morgan fingerprint density at radius 2 is 1.96 bits per heavy atom. The second-order valence-corrected chi connectivity index (χ2v) is 5.35. The minimum absolute atomic E-state index is 0.0144. The number of amides is 1. The molecule has 1 N–H and O–H groups in total. The van der Waals surface area contributed by atoms with Gasteiger partial charge in [0, 0.05) is 12.1 Å². The molecular formula is C16H20N4O3. The van der Waals surface area contributed by atoms with Crippen molar-refractivity contribution in [3.63, 3.8) is 0 Å². The first kappa shape index (κ1) is 16.7. The molecule has 0 spiro atoms. The number of nitro groups is 1. The molecule has 0 radical (unpaired) electrons. The smallest absolute Gasteiger partial charge is 0.312 e. The van der Waals surface area contributed by atoms with Crippen LogP contribution in [-0.4, -0.2) is 20.6 Å². The molecule has 122 valence electrons. The fraction of sp³-hybridized carbons (Fsp3) is 0.375. The third kappa shape index (κ3) is 3.94. The van der Waals surface area contributed by atoms with Crippen molar-refractivity contribution in [1.29, 1.82) is 0 Å². The molecular weight excluding hydrogens is 296 g/mol. The lowest BCUT2D eigenvalue weighted by Crippen LogP contribution is -2.15. The largest absolute Gasteiger partial charge is 0.326 e. The van der Waals surface area contributed by atoms with E-state index in [9.17, 15) is 14.9 Å². The normalized spacial score (nSPS) is 10.6. The van der Waals surface area contributed by atoms with Gasteiger partial charge in [0.2, 0.25) is 5.91 Å². The van der Waals surface area contributed by atoms with Gasteiger partial charge in [0.05, 0.1) is 11.5 Å². The Balaban J connectivity index is 1.96. The minimum Gasteiger partial charge on any atom is -0.326 e. The molecule has 23 heavy (non-hydrogen) atoms. The molecule has 0 unspecified atom stereocenters. The van der Waals surface area contributed by atoms with Crippen molar-refractivity contribution in [2.75, 3.05) is 5.32 Å². The molecule has 7 heteroatoms. The highest BCUT2D eigenvalue weighted by Crippen LogP contribution is 2.21. The summed E-state index contributed by atoms with van der Waals surface area (Å²) in [7, 11) is 0. The van der Waals surface area contributed by atoms with Crippen LogP contribution in [0.15, 0.2) is 24.3 Å². The van der Waals surface area contributed by atoms with Crippen molar-refractivity contribution < 1.29 is 9.72 Å². The number of nitrogens with zero attached hydrogens (tertiary/aromatic N) is 3. The maximum Gasteiger partial charge on any atom is 0.312 e. The monoisotopic (exact) mass is 316 g/mol. The van der Waals surface area contributed by atoms with Crippen LogP contribution in [0.3, 0.4) is 0 Å². The predicted molar refractivity (Wildman–Crippen MR) is 87.4 cm³/mol. The number of aryl methyl sites for hydroxylation is 3. The van der Waals surface area contributed by atoms with Gasteiger partial charge in [-0.2, -0.15) is 5.10 Å². The van der Waals surface area contributed by atoms with Gasteiger partial charge in [0.15, 0.2) is 0 Å². The molecule has 7 nitrogen and oxygen atoms in total. The molecule has 0 bridgehead atoms. The van der Waals surface area contributed by atoms with E-state index >= 15 is 0 Å². The van der Waals surface area contributed by atoms with Crippen molar-refractivity contribution in [1.82, 2.24) is 9.78 Å². The molecule has 0 saturated heterocycles. The third-order valence-corrected chi connectivity index (χ3v) is 3.72. The van der Waals surface area contributed by atoms with Crippen molar-refractivity contribution in [3.05, 3.63) is 51.3 Å². The molecule has 1 amide bonds. The zero-order valence-electron chi connectivity index (χ0n) is 13.5. The number of aromatic nitrogens is 2. The second-order valence-electron chi connectivity index (χ2n) is 5.35. The molecule has 0 fully saturated rings. The van der Waals surface area contributed by atoms with Gasteiger partial charge in [-0.3, -0.25) is 19.6 Å².